The van der Waals surface area contributed by atoms with E-state index in [1.54, 1.807) is 0 Å². The molecule has 72 valence electrons. The molecule has 1 fully saturated rings. The summed E-state index contributed by atoms with van der Waals surface area (Å²) in [6, 6.07) is 0. The summed E-state index contributed by atoms with van der Waals surface area (Å²) in [5, 5.41) is 8.47. The van der Waals surface area contributed by atoms with Gasteiger partial charge in [0.05, 0.1) is 0 Å². The first-order chi connectivity index (χ1) is 6.04. The van der Waals surface area contributed by atoms with Crippen molar-refractivity contribution in [3.8, 4) is 0 Å². The molecule has 1 aromatic rings. The zero-order valence-electron chi connectivity index (χ0n) is 6.80. The molecule has 1 heterocycles. The van der Waals surface area contributed by atoms with Crippen LogP contribution in [0, 0.1) is 0 Å². The Hall–Kier alpha value is -0.950. The largest absolute Gasteiger partial charge is 0.338 e. The van der Waals surface area contributed by atoms with E-state index in [2.05, 4.69) is 10.1 Å². The minimum atomic E-state index is -3.57. The van der Waals surface area contributed by atoms with Gasteiger partial charge >= 0.3 is 0 Å². The maximum absolute atomic E-state index is 10.6. The molecule has 0 unspecified atom stereocenters. The number of hydrogen-bond acceptors (Lipinski definition) is 5. The average Bonchev–Trinajstić information content (AvgIpc) is 2.72. The Morgan fingerprint density at radius 2 is 2.23 bits per heavy atom. The third-order valence-electron chi connectivity index (χ3n) is 1.75. The summed E-state index contributed by atoms with van der Waals surface area (Å²) in [5.41, 5.74) is 0. The second-order valence-electron chi connectivity index (χ2n) is 3.13. The van der Waals surface area contributed by atoms with Crippen LogP contribution in [0.1, 0.15) is 30.5 Å². The van der Waals surface area contributed by atoms with E-state index in [1.807, 2.05) is 0 Å². The smallest absolute Gasteiger partial charge is 0.243 e. The van der Waals surface area contributed by atoms with E-state index in [0.29, 0.717) is 11.7 Å². The lowest BCUT2D eigenvalue weighted by molar-refractivity contribution is 0.383. The highest BCUT2D eigenvalue weighted by Crippen LogP contribution is 2.38. The SMILES string of the molecule is NS(=O)(=O)Cc1nc(C2CC2)no1. The summed E-state index contributed by atoms with van der Waals surface area (Å²) in [6.45, 7) is 0. The van der Waals surface area contributed by atoms with Crippen molar-refractivity contribution in [3.63, 3.8) is 0 Å². The van der Waals surface area contributed by atoms with Crippen LogP contribution in [-0.4, -0.2) is 18.6 Å². The van der Waals surface area contributed by atoms with Gasteiger partial charge in [-0.2, -0.15) is 4.98 Å². The highest BCUT2D eigenvalue weighted by Gasteiger charge is 2.29. The molecule has 6 nitrogen and oxygen atoms in total. The van der Waals surface area contributed by atoms with Crippen LogP contribution in [0.15, 0.2) is 4.52 Å². The first-order valence-corrected chi connectivity index (χ1v) is 5.59. The molecule has 0 bridgehead atoms. The third-order valence-corrected chi connectivity index (χ3v) is 2.40. The second-order valence-corrected chi connectivity index (χ2v) is 4.74. The van der Waals surface area contributed by atoms with E-state index in [-0.39, 0.29) is 11.6 Å². The van der Waals surface area contributed by atoms with Gasteiger partial charge < -0.3 is 4.52 Å². The van der Waals surface area contributed by atoms with Crippen molar-refractivity contribution in [2.75, 3.05) is 0 Å². The molecule has 7 heteroatoms. The van der Waals surface area contributed by atoms with Crippen LogP contribution in [-0.2, 0) is 15.8 Å². The molecule has 1 aromatic heterocycles. The number of nitrogens with zero attached hydrogens (tertiary/aromatic N) is 2. The first kappa shape index (κ1) is 8.64. The summed E-state index contributed by atoms with van der Waals surface area (Å²) in [6.07, 6.45) is 2.10. The molecule has 0 atom stereocenters. The fraction of sp³-hybridized carbons (Fsp3) is 0.667. The molecule has 0 radical (unpaired) electrons. The van der Waals surface area contributed by atoms with Gasteiger partial charge in [-0.05, 0) is 12.8 Å². The molecule has 1 saturated carbocycles. The Bertz CT molecular complexity index is 407. The van der Waals surface area contributed by atoms with E-state index in [0.717, 1.165) is 12.8 Å². The number of hydrogen-bond donors (Lipinski definition) is 1. The van der Waals surface area contributed by atoms with E-state index in [1.165, 1.54) is 0 Å². The highest BCUT2D eigenvalue weighted by molar-refractivity contribution is 7.88. The molecule has 13 heavy (non-hydrogen) atoms. The van der Waals surface area contributed by atoms with Crippen LogP contribution >= 0.6 is 0 Å². The first-order valence-electron chi connectivity index (χ1n) is 3.87. The zero-order chi connectivity index (χ0) is 9.47. The highest BCUT2D eigenvalue weighted by atomic mass is 32.2. The molecular weight excluding hydrogens is 194 g/mol. The third kappa shape index (κ3) is 2.25. The van der Waals surface area contributed by atoms with Gasteiger partial charge in [0.25, 0.3) is 0 Å². The van der Waals surface area contributed by atoms with Gasteiger partial charge in [0, 0.05) is 5.92 Å². The average molecular weight is 203 g/mol. The van der Waals surface area contributed by atoms with Crippen molar-refractivity contribution in [2.24, 2.45) is 5.14 Å². The number of aromatic nitrogens is 2. The molecule has 1 aliphatic rings. The molecule has 1 aliphatic carbocycles. The Morgan fingerprint density at radius 1 is 1.54 bits per heavy atom. The fourth-order valence-corrected chi connectivity index (χ4v) is 1.47. The van der Waals surface area contributed by atoms with E-state index < -0.39 is 10.0 Å². The van der Waals surface area contributed by atoms with Crippen molar-refractivity contribution < 1.29 is 12.9 Å². The molecule has 0 saturated heterocycles. The minimum Gasteiger partial charge on any atom is -0.338 e. The predicted octanol–water partition coefficient (Wildman–Crippen LogP) is -0.264. The second kappa shape index (κ2) is 2.78. The zero-order valence-corrected chi connectivity index (χ0v) is 7.62. The molecular formula is C6H9N3O3S. The maximum Gasteiger partial charge on any atom is 0.243 e. The monoisotopic (exact) mass is 203 g/mol. The standard InChI is InChI=1S/C6H9N3O3S/c7-13(10,11)3-5-8-6(9-12-5)4-1-2-4/h4H,1-3H2,(H2,7,10,11). The normalized spacial score (nSPS) is 17.6. The quantitative estimate of drug-likeness (QED) is 0.729. The number of rotatable bonds is 3. The molecule has 2 rings (SSSR count). The number of primary sulfonamides is 1. The Balaban J connectivity index is 2.13. The molecule has 0 aliphatic heterocycles. The van der Waals surface area contributed by atoms with Crippen molar-refractivity contribution in [1.29, 1.82) is 0 Å². The predicted molar refractivity (Wildman–Crippen MR) is 43.1 cm³/mol. The molecule has 2 N–H and O–H groups in total. The Morgan fingerprint density at radius 3 is 2.77 bits per heavy atom. The summed E-state index contributed by atoms with van der Waals surface area (Å²) in [7, 11) is -3.57. The van der Waals surface area contributed by atoms with Gasteiger partial charge in [-0.25, -0.2) is 13.6 Å². The van der Waals surface area contributed by atoms with Gasteiger partial charge in [-0.15, -0.1) is 0 Å². The van der Waals surface area contributed by atoms with Crippen molar-refractivity contribution in [1.82, 2.24) is 10.1 Å². The van der Waals surface area contributed by atoms with Crippen LogP contribution in [0.2, 0.25) is 0 Å². The number of nitrogens with two attached hydrogens (primary N) is 1. The van der Waals surface area contributed by atoms with Crippen LogP contribution in [0.3, 0.4) is 0 Å². The fourth-order valence-electron chi connectivity index (χ4n) is 1.01. The minimum absolute atomic E-state index is 0.0735. The molecule has 0 aromatic carbocycles. The van der Waals surface area contributed by atoms with Crippen molar-refractivity contribution in [2.45, 2.75) is 24.5 Å². The van der Waals surface area contributed by atoms with Crippen molar-refractivity contribution in [3.05, 3.63) is 11.7 Å². The van der Waals surface area contributed by atoms with Crippen molar-refractivity contribution >= 4 is 10.0 Å². The lowest BCUT2D eigenvalue weighted by atomic mass is 10.4. The van der Waals surface area contributed by atoms with E-state index >= 15 is 0 Å². The van der Waals surface area contributed by atoms with Gasteiger partial charge in [-0.1, -0.05) is 5.16 Å². The van der Waals surface area contributed by atoms with Crippen LogP contribution < -0.4 is 5.14 Å². The van der Waals surface area contributed by atoms with E-state index in [9.17, 15) is 8.42 Å². The van der Waals surface area contributed by atoms with Crippen LogP contribution in [0.25, 0.3) is 0 Å². The van der Waals surface area contributed by atoms with Gasteiger partial charge in [0.15, 0.2) is 5.82 Å². The maximum atomic E-state index is 10.6. The summed E-state index contributed by atoms with van der Waals surface area (Å²) in [5.74, 6) is 0.647. The van der Waals surface area contributed by atoms with Gasteiger partial charge in [0.2, 0.25) is 15.9 Å². The molecule has 0 amide bonds. The topological polar surface area (TPSA) is 99.1 Å². The lowest BCUT2D eigenvalue weighted by Crippen LogP contribution is -2.14. The van der Waals surface area contributed by atoms with Crippen LogP contribution in [0.4, 0.5) is 0 Å². The number of sulfonamides is 1. The van der Waals surface area contributed by atoms with E-state index in [4.69, 9.17) is 9.66 Å². The summed E-state index contributed by atoms with van der Waals surface area (Å²) < 4.78 is 26.0. The van der Waals surface area contributed by atoms with Gasteiger partial charge in [-0.3, -0.25) is 0 Å². The van der Waals surface area contributed by atoms with Crippen LogP contribution in [0.5, 0.6) is 0 Å². The summed E-state index contributed by atoms with van der Waals surface area (Å²) in [4.78, 5) is 3.92. The lowest BCUT2D eigenvalue weighted by Gasteiger charge is -1.88. The molecule has 0 spiro atoms. The summed E-state index contributed by atoms with van der Waals surface area (Å²) >= 11 is 0. The van der Waals surface area contributed by atoms with Gasteiger partial charge in [0.1, 0.15) is 5.75 Å². The Kier molecular flexibility index (Phi) is 1.85. The Labute approximate surface area is 75.2 Å².